The van der Waals surface area contributed by atoms with Gasteiger partial charge in [-0.05, 0) is 43.3 Å². The fourth-order valence-electron chi connectivity index (χ4n) is 2.98. The third kappa shape index (κ3) is 4.54. The summed E-state index contributed by atoms with van der Waals surface area (Å²) in [6.07, 6.45) is 0. The first kappa shape index (κ1) is 21.3. The highest BCUT2D eigenvalue weighted by Crippen LogP contribution is 2.25. The molecular formula is C22H19N5O4S. The largest absolute Gasteiger partial charge is 0.465 e. The van der Waals surface area contributed by atoms with Crippen LogP contribution in [0.1, 0.15) is 15.9 Å². The number of amides is 1. The van der Waals surface area contributed by atoms with E-state index in [2.05, 4.69) is 15.5 Å². The summed E-state index contributed by atoms with van der Waals surface area (Å²) in [5.74, 6) is -1.09. The zero-order valence-corrected chi connectivity index (χ0v) is 18.1. The molecule has 0 saturated carbocycles. The van der Waals surface area contributed by atoms with Crippen molar-refractivity contribution in [2.75, 3.05) is 12.4 Å². The van der Waals surface area contributed by atoms with Crippen molar-refractivity contribution in [2.45, 2.75) is 23.4 Å². The number of aryl methyl sites for hydroxylation is 1. The predicted octanol–water partition coefficient (Wildman–Crippen LogP) is 2.78. The molecule has 162 valence electrons. The maximum atomic E-state index is 12.7. The van der Waals surface area contributed by atoms with Crippen LogP contribution in [0, 0.1) is 6.92 Å². The minimum Gasteiger partial charge on any atom is -0.465 e. The Hall–Kier alpha value is -3.92. The number of methoxy groups -OCH3 is 1. The number of fused-ring (bicyclic) bond motifs is 1. The van der Waals surface area contributed by atoms with Crippen LogP contribution < -0.4 is 11.0 Å². The van der Waals surface area contributed by atoms with Gasteiger partial charge < -0.3 is 10.1 Å². The van der Waals surface area contributed by atoms with Crippen molar-refractivity contribution < 1.29 is 14.3 Å². The molecule has 0 fully saturated rings. The van der Waals surface area contributed by atoms with E-state index in [-0.39, 0.29) is 17.8 Å². The quantitative estimate of drug-likeness (QED) is 0.451. The Kier molecular flexibility index (Phi) is 6.04. The van der Waals surface area contributed by atoms with E-state index in [0.717, 1.165) is 19.7 Å². The van der Waals surface area contributed by atoms with Crippen molar-refractivity contribution in [3.63, 3.8) is 0 Å². The van der Waals surface area contributed by atoms with Crippen molar-refractivity contribution in [3.8, 4) is 0 Å². The van der Waals surface area contributed by atoms with Crippen LogP contribution in [0.5, 0.6) is 0 Å². The molecule has 1 N–H and O–H groups in total. The highest BCUT2D eigenvalue weighted by atomic mass is 32.2. The lowest BCUT2D eigenvalue weighted by Gasteiger charge is -2.09. The van der Waals surface area contributed by atoms with Gasteiger partial charge in [0, 0.05) is 4.90 Å². The summed E-state index contributed by atoms with van der Waals surface area (Å²) in [5.41, 5.74) is 1.44. The van der Waals surface area contributed by atoms with Crippen LogP contribution in [-0.4, -0.2) is 38.4 Å². The van der Waals surface area contributed by atoms with E-state index in [0.29, 0.717) is 10.7 Å². The fraction of sp³-hybridized carbons (Fsp3) is 0.136. The summed E-state index contributed by atoms with van der Waals surface area (Å²) in [7, 11) is 1.26. The monoisotopic (exact) mass is 449 g/mol. The third-order valence-corrected chi connectivity index (χ3v) is 5.49. The summed E-state index contributed by atoms with van der Waals surface area (Å²) < 4.78 is 6.91. The number of nitrogens with one attached hydrogen (secondary N) is 1. The minimum atomic E-state index is -0.575. The summed E-state index contributed by atoms with van der Waals surface area (Å²) in [5, 5.41) is 11.8. The molecule has 2 aromatic heterocycles. The third-order valence-electron chi connectivity index (χ3n) is 4.56. The first-order valence-electron chi connectivity index (χ1n) is 9.63. The Morgan fingerprint density at radius 2 is 1.78 bits per heavy atom. The first-order chi connectivity index (χ1) is 15.4. The molecule has 2 aromatic carbocycles. The molecule has 0 radical (unpaired) electrons. The van der Waals surface area contributed by atoms with E-state index in [9.17, 15) is 14.4 Å². The second-order valence-electron chi connectivity index (χ2n) is 6.88. The van der Waals surface area contributed by atoms with Gasteiger partial charge in [-0.2, -0.15) is 9.61 Å². The van der Waals surface area contributed by atoms with Gasteiger partial charge in [0.1, 0.15) is 11.6 Å². The molecule has 0 spiro atoms. The van der Waals surface area contributed by atoms with E-state index in [1.54, 1.807) is 30.3 Å². The molecule has 0 atom stereocenters. The number of aromatic nitrogens is 4. The Bertz CT molecular complexity index is 1360. The minimum absolute atomic E-state index is 0.213. The average Bonchev–Trinajstić information content (AvgIpc) is 3.10. The summed E-state index contributed by atoms with van der Waals surface area (Å²) >= 11 is 1.42. The molecule has 0 saturated heterocycles. The second kappa shape index (κ2) is 9.06. The van der Waals surface area contributed by atoms with Gasteiger partial charge in [-0.25, -0.2) is 14.3 Å². The smallest absolute Gasteiger partial charge is 0.367 e. The van der Waals surface area contributed by atoms with Crippen molar-refractivity contribution in [1.82, 2.24) is 19.4 Å². The van der Waals surface area contributed by atoms with E-state index in [1.165, 1.54) is 24.9 Å². The van der Waals surface area contributed by atoms with Gasteiger partial charge >= 0.3 is 11.7 Å². The van der Waals surface area contributed by atoms with Crippen LogP contribution in [0.4, 0.5) is 5.69 Å². The zero-order chi connectivity index (χ0) is 22.7. The molecule has 2 heterocycles. The van der Waals surface area contributed by atoms with Gasteiger partial charge in [-0.3, -0.25) is 4.79 Å². The van der Waals surface area contributed by atoms with Crippen molar-refractivity contribution in [1.29, 1.82) is 0 Å². The normalized spacial score (nSPS) is 10.8. The van der Waals surface area contributed by atoms with E-state index in [1.807, 2.05) is 31.2 Å². The highest BCUT2D eigenvalue weighted by molar-refractivity contribution is 7.99. The summed E-state index contributed by atoms with van der Waals surface area (Å²) in [6.45, 7) is 1.68. The van der Waals surface area contributed by atoms with Gasteiger partial charge in [0.15, 0.2) is 5.65 Å². The number of esters is 1. The lowest BCUT2D eigenvalue weighted by atomic mass is 10.2. The van der Waals surface area contributed by atoms with Crippen LogP contribution in [-0.2, 0) is 16.1 Å². The predicted molar refractivity (Wildman–Crippen MR) is 119 cm³/mol. The molecule has 0 bridgehead atoms. The van der Waals surface area contributed by atoms with Crippen LogP contribution >= 0.6 is 11.8 Å². The first-order valence-corrected chi connectivity index (χ1v) is 10.4. The molecule has 0 aliphatic heterocycles. The number of nitrogens with zero attached hydrogens (tertiary/aromatic N) is 4. The van der Waals surface area contributed by atoms with Crippen LogP contribution in [0.3, 0.4) is 0 Å². The molecule has 4 rings (SSSR count). The molecule has 0 aliphatic carbocycles. The van der Waals surface area contributed by atoms with Crippen LogP contribution in [0.2, 0.25) is 0 Å². The number of benzene rings is 2. The lowest BCUT2D eigenvalue weighted by Crippen LogP contribution is -2.29. The van der Waals surface area contributed by atoms with E-state index < -0.39 is 17.6 Å². The van der Waals surface area contributed by atoms with Gasteiger partial charge in [-0.15, -0.1) is 5.10 Å². The number of ether oxygens (including phenoxy) is 1. The second-order valence-corrected chi connectivity index (χ2v) is 7.98. The lowest BCUT2D eigenvalue weighted by molar-refractivity contribution is -0.117. The van der Waals surface area contributed by atoms with Gasteiger partial charge in [0.05, 0.1) is 18.4 Å². The van der Waals surface area contributed by atoms with E-state index >= 15 is 0 Å². The van der Waals surface area contributed by atoms with Crippen molar-refractivity contribution >= 4 is 35.0 Å². The maximum Gasteiger partial charge on any atom is 0.367 e. The molecule has 9 nitrogen and oxygen atoms in total. The molecule has 0 aliphatic rings. The van der Waals surface area contributed by atoms with Crippen LogP contribution in [0.25, 0.3) is 5.65 Å². The van der Waals surface area contributed by atoms with E-state index in [4.69, 9.17) is 4.74 Å². The number of hydrogen-bond acceptors (Lipinski definition) is 7. The summed E-state index contributed by atoms with van der Waals surface area (Å²) in [4.78, 5) is 38.1. The van der Waals surface area contributed by atoms with Gasteiger partial charge in [0.25, 0.3) is 0 Å². The average molecular weight is 449 g/mol. The van der Waals surface area contributed by atoms with Crippen molar-refractivity contribution in [2.24, 2.45) is 0 Å². The molecule has 0 unspecified atom stereocenters. The molecule has 10 heteroatoms. The Morgan fingerprint density at radius 1 is 1.03 bits per heavy atom. The Morgan fingerprint density at radius 3 is 2.53 bits per heavy atom. The number of carbonyl (C=O) groups excluding carboxylic acids is 2. The number of anilines is 1. The summed E-state index contributed by atoms with van der Waals surface area (Å²) in [6, 6.07) is 17.9. The zero-order valence-electron chi connectivity index (χ0n) is 17.3. The molecular weight excluding hydrogens is 430 g/mol. The Balaban J connectivity index is 1.53. The Labute approximate surface area is 187 Å². The molecule has 4 aromatic rings. The maximum absolute atomic E-state index is 12.7. The van der Waals surface area contributed by atoms with Crippen molar-refractivity contribution in [3.05, 3.63) is 82.3 Å². The standard InChI is InChI=1S/C22H19N5O4S/c1-14-7-9-15(10-8-14)32-20-12-11-18-24-26(22(30)27(18)25-20)13-19(28)23-17-6-4-3-5-16(17)21(29)31-2/h3-12H,13H2,1-2H3,(H,23,28). The topological polar surface area (TPSA) is 108 Å². The highest BCUT2D eigenvalue weighted by Gasteiger charge is 2.16. The number of hydrogen-bond donors (Lipinski definition) is 1. The molecule has 32 heavy (non-hydrogen) atoms. The molecule has 1 amide bonds. The van der Waals surface area contributed by atoms with Crippen LogP contribution in [0.15, 0.2) is 75.4 Å². The number of carbonyl (C=O) groups is 2. The SMILES string of the molecule is COC(=O)c1ccccc1NC(=O)Cn1nc2ccc(Sc3ccc(C)cc3)nn2c1=O. The number of para-hydroxylation sites is 1. The van der Waals surface area contributed by atoms with Gasteiger partial charge in [0.2, 0.25) is 5.91 Å². The number of rotatable bonds is 6. The fourth-order valence-corrected chi connectivity index (χ4v) is 3.75. The van der Waals surface area contributed by atoms with Gasteiger partial charge in [-0.1, -0.05) is 41.6 Å².